The smallest absolute Gasteiger partial charge is 0.471 e. The molecule has 1 aromatic rings. The Kier molecular flexibility index (Phi) is 4.00. The largest absolute Gasteiger partial charge is 0.478 e. The Hall–Kier alpha value is -1.57. The highest BCUT2D eigenvalue weighted by Crippen LogP contribution is 2.28. The first-order chi connectivity index (χ1) is 8.14. The second kappa shape index (κ2) is 4.97. The van der Waals surface area contributed by atoms with Gasteiger partial charge in [0.1, 0.15) is 0 Å². The number of carboxylic acids is 1. The van der Waals surface area contributed by atoms with E-state index >= 15 is 0 Å². The Morgan fingerprint density at radius 2 is 1.89 bits per heavy atom. The van der Waals surface area contributed by atoms with Crippen molar-refractivity contribution in [2.45, 2.75) is 13.1 Å². The van der Waals surface area contributed by atoms with E-state index in [4.69, 9.17) is 5.11 Å². The SMILES string of the molecule is Cc1c(NC(=O)C(F)(F)F)ccc(Br)c1C(=O)O. The molecule has 1 rings (SSSR count). The van der Waals surface area contributed by atoms with Gasteiger partial charge >= 0.3 is 18.1 Å². The van der Waals surface area contributed by atoms with Gasteiger partial charge in [-0.2, -0.15) is 13.2 Å². The van der Waals surface area contributed by atoms with E-state index in [1.54, 1.807) is 5.32 Å². The molecule has 0 aromatic heterocycles. The molecule has 0 aliphatic rings. The molecule has 4 nitrogen and oxygen atoms in total. The number of carboxylic acid groups (broad SMARTS) is 1. The van der Waals surface area contributed by atoms with E-state index in [2.05, 4.69) is 15.9 Å². The number of amides is 1. The Labute approximate surface area is 108 Å². The average molecular weight is 326 g/mol. The van der Waals surface area contributed by atoms with Crippen molar-refractivity contribution in [3.8, 4) is 0 Å². The van der Waals surface area contributed by atoms with Crippen LogP contribution in [0.2, 0.25) is 0 Å². The van der Waals surface area contributed by atoms with Crippen molar-refractivity contribution in [3.05, 3.63) is 27.7 Å². The molecule has 0 unspecified atom stereocenters. The van der Waals surface area contributed by atoms with Gasteiger partial charge in [0, 0.05) is 10.2 Å². The zero-order chi connectivity index (χ0) is 14.1. The van der Waals surface area contributed by atoms with Crippen LogP contribution >= 0.6 is 15.9 Å². The lowest BCUT2D eigenvalue weighted by Crippen LogP contribution is -2.30. The third-order valence-electron chi connectivity index (χ3n) is 2.13. The molecule has 1 aromatic carbocycles. The third kappa shape index (κ3) is 3.00. The molecule has 0 radical (unpaired) electrons. The molecular weight excluding hydrogens is 319 g/mol. The number of halogens is 4. The summed E-state index contributed by atoms with van der Waals surface area (Å²) in [5, 5.41) is 10.5. The van der Waals surface area contributed by atoms with E-state index < -0.39 is 18.1 Å². The fourth-order valence-corrected chi connectivity index (χ4v) is 1.87. The molecule has 0 heterocycles. The van der Waals surface area contributed by atoms with Crippen LogP contribution in [0, 0.1) is 6.92 Å². The molecule has 0 spiro atoms. The van der Waals surface area contributed by atoms with Crippen LogP contribution in [0.25, 0.3) is 0 Å². The van der Waals surface area contributed by atoms with E-state index in [1.165, 1.54) is 19.1 Å². The maximum absolute atomic E-state index is 12.1. The molecule has 0 bridgehead atoms. The molecule has 98 valence electrons. The van der Waals surface area contributed by atoms with Gasteiger partial charge in [-0.15, -0.1) is 0 Å². The molecule has 0 saturated carbocycles. The highest BCUT2D eigenvalue weighted by Gasteiger charge is 2.39. The monoisotopic (exact) mass is 325 g/mol. The van der Waals surface area contributed by atoms with Crippen molar-refractivity contribution in [1.82, 2.24) is 0 Å². The first-order valence-corrected chi connectivity index (χ1v) is 5.34. The summed E-state index contributed by atoms with van der Waals surface area (Å²) < 4.78 is 36.4. The average Bonchev–Trinajstić information content (AvgIpc) is 2.20. The predicted molar refractivity (Wildman–Crippen MR) is 60.5 cm³/mol. The summed E-state index contributed by atoms with van der Waals surface area (Å²) >= 11 is 2.97. The summed E-state index contributed by atoms with van der Waals surface area (Å²) in [6, 6.07) is 2.44. The highest BCUT2D eigenvalue weighted by molar-refractivity contribution is 9.10. The summed E-state index contributed by atoms with van der Waals surface area (Å²) in [6.07, 6.45) is -5.02. The lowest BCUT2D eigenvalue weighted by Gasteiger charge is -2.13. The van der Waals surface area contributed by atoms with E-state index in [1.807, 2.05) is 0 Å². The standard InChI is InChI=1S/C10H7BrF3NO3/c1-4-6(15-9(18)10(12,13)14)3-2-5(11)7(4)8(16)17/h2-3H,1H3,(H,15,18)(H,16,17). The summed E-state index contributed by atoms with van der Waals surface area (Å²) in [6.45, 7) is 1.31. The van der Waals surface area contributed by atoms with Gasteiger partial charge < -0.3 is 10.4 Å². The van der Waals surface area contributed by atoms with Gasteiger partial charge in [-0.3, -0.25) is 4.79 Å². The van der Waals surface area contributed by atoms with Gasteiger partial charge in [0.2, 0.25) is 0 Å². The van der Waals surface area contributed by atoms with Crippen molar-refractivity contribution in [1.29, 1.82) is 0 Å². The minimum absolute atomic E-state index is 0.0366. The molecule has 8 heteroatoms. The normalized spacial score (nSPS) is 11.2. The van der Waals surface area contributed by atoms with Crippen molar-refractivity contribution in [2.75, 3.05) is 5.32 Å². The number of aromatic carboxylic acids is 1. The fraction of sp³-hybridized carbons (Fsp3) is 0.200. The second-order valence-electron chi connectivity index (χ2n) is 3.35. The van der Waals surface area contributed by atoms with Crippen LogP contribution in [0.1, 0.15) is 15.9 Å². The number of nitrogens with one attached hydrogen (secondary N) is 1. The minimum Gasteiger partial charge on any atom is -0.478 e. The number of hydrogen-bond donors (Lipinski definition) is 2. The predicted octanol–water partition coefficient (Wildman–Crippen LogP) is 2.96. The van der Waals surface area contributed by atoms with Gasteiger partial charge in [-0.05, 0) is 40.5 Å². The van der Waals surface area contributed by atoms with Crippen molar-refractivity contribution < 1.29 is 27.9 Å². The topological polar surface area (TPSA) is 66.4 Å². The number of hydrogen-bond acceptors (Lipinski definition) is 2. The number of carbonyl (C=O) groups excluding carboxylic acids is 1. The Bertz CT molecular complexity index is 514. The van der Waals surface area contributed by atoms with Crippen LogP contribution in [0.3, 0.4) is 0 Å². The zero-order valence-corrected chi connectivity index (χ0v) is 10.5. The molecular formula is C10H7BrF3NO3. The quantitative estimate of drug-likeness (QED) is 0.878. The van der Waals surface area contributed by atoms with Gasteiger partial charge in [0.05, 0.1) is 5.56 Å². The molecule has 18 heavy (non-hydrogen) atoms. The number of benzene rings is 1. The molecule has 0 fully saturated rings. The lowest BCUT2D eigenvalue weighted by atomic mass is 10.1. The molecule has 0 aliphatic heterocycles. The summed E-state index contributed by atoms with van der Waals surface area (Å²) in [4.78, 5) is 21.7. The molecule has 0 atom stereocenters. The van der Waals surface area contributed by atoms with Gasteiger partial charge in [-0.1, -0.05) is 0 Å². The summed E-state index contributed by atoms with van der Waals surface area (Å²) in [5.74, 6) is -3.45. The van der Waals surface area contributed by atoms with Gasteiger partial charge in [-0.25, -0.2) is 4.79 Å². The second-order valence-corrected chi connectivity index (χ2v) is 4.21. The number of rotatable bonds is 2. The number of alkyl halides is 3. The number of carbonyl (C=O) groups is 2. The summed E-state index contributed by atoms with van der Waals surface area (Å²) in [7, 11) is 0. The zero-order valence-electron chi connectivity index (χ0n) is 8.93. The van der Waals surface area contributed by atoms with Crippen LogP contribution in [0.5, 0.6) is 0 Å². The van der Waals surface area contributed by atoms with Crippen molar-refractivity contribution in [2.24, 2.45) is 0 Å². The first kappa shape index (κ1) is 14.5. The fourth-order valence-electron chi connectivity index (χ4n) is 1.27. The van der Waals surface area contributed by atoms with E-state index in [9.17, 15) is 22.8 Å². The summed E-state index contributed by atoms with van der Waals surface area (Å²) in [5.41, 5.74) is -0.359. The Morgan fingerprint density at radius 3 is 2.33 bits per heavy atom. The van der Waals surface area contributed by atoms with Gasteiger partial charge in [0.15, 0.2) is 0 Å². The lowest BCUT2D eigenvalue weighted by molar-refractivity contribution is -0.167. The van der Waals surface area contributed by atoms with Gasteiger partial charge in [0.25, 0.3) is 0 Å². The Morgan fingerprint density at radius 1 is 1.33 bits per heavy atom. The van der Waals surface area contributed by atoms with Crippen molar-refractivity contribution >= 4 is 33.5 Å². The van der Waals surface area contributed by atoms with Crippen LogP contribution in [-0.4, -0.2) is 23.2 Å². The highest BCUT2D eigenvalue weighted by atomic mass is 79.9. The molecule has 0 saturated heterocycles. The van der Waals surface area contributed by atoms with Crippen LogP contribution in [0.15, 0.2) is 16.6 Å². The van der Waals surface area contributed by atoms with Crippen LogP contribution in [0.4, 0.5) is 18.9 Å². The minimum atomic E-state index is -5.02. The van der Waals surface area contributed by atoms with E-state index in [0.29, 0.717) is 0 Å². The Balaban J connectivity index is 3.17. The van der Waals surface area contributed by atoms with Crippen LogP contribution < -0.4 is 5.32 Å². The van der Waals surface area contributed by atoms with Crippen molar-refractivity contribution in [3.63, 3.8) is 0 Å². The maximum Gasteiger partial charge on any atom is 0.471 e. The number of anilines is 1. The van der Waals surface area contributed by atoms with Crippen LogP contribution in [-0.2, 0) is 4.79 Å². The molecule has 1 amide bonds. The third-order valence-corrected chi connectivity index (χ3v) is 2.79. The molecule has 2 N–H and O–H groups in total. The van der Waals surface area contributed by atoms with E-state index in [0.717, 1.165) is 0 Å². The first-order valence-electron chi connectivity index (χ1n) is 4.55. The molecule has 0 aliphatic carbocycles. The maximum atomic E-state index is 12.1. The van der Waals surface area contributed by atoms with E-state index in [-0.39, 0.29) is 21.3 Å².